The van der Waals surface area contributed by atoms with Crippen LogP contribution in [0.15, 0.2) is 53.0 Å². The van der Waals surface area contributed by atoms with Crippen molar-refractivity contribution in [1.29, 1.82) is 0 Å². The van der Waals surface area contributed by atoms with Gasteiger partial charge in [-0.25, -0.2) is 0 Å². The van der Waals surface area contributed by atoms with E-state index in [4.69, 9.17) is 0 Å². The summed E-state index contributed by atoms with van der Waals surface area (Å²) >= 11 is 3.40. The molecule has 2 unspecified atom stereocenters. The number of fused-ring (bicyclic) bond motifs is 1. The van der Waals surface area contributed by atoms with Crippen LogP contribution in [0, 0.1) is 11.8 Å². The van der Waals surface area contributed by atoms with Crippen LogP contribution in [0.25, 0.3) is 0 Å². The third-order valence-electron chi connectivity index (χ3n) is 4.91. The Morgan fingerprint density at radius 3 is 2.76 bits per heavy atom. The summed E-state index contributed by atoms with van der Waals surface area (Å²) in [4.78, 5) is 27.2. The molecule has 1 saturated carbocycles. The Hall–Kier alpha value is -2.14. The van der Waals surface area contributed by atoms with Crippen LogP contribution in [-0.4, -0.2) is 18.4 Å². The van der Waals surface area contributed by atoms with E-state index in [-0.39, 0.29) is 23.7 Å². The minimum absolute atomic E-state index is 0.0678. The van der Waals surface area contributed by atoms with Crippen molar-refractivity contribution >= 4 is 39.1 Å². The quantitative estimate of drug-likeness (QED) is 0.848. The van der Waals surface area contributed by atoms with E-state index in [1.54, 1.807) is 0 Å². The van der Waals surface area contributed by atoms with E-state index in [0.29, 0.717) is 6.42 Å². The first-order valence-electron chi connectivity index (χ1n) is 8.59. The summed E-state index contributed by atoms with van der Waals surface area (Å²) in [6.45, 7) is 0.742. The molecule has 2 atom stereocenters. The molecule has 0 aromatic heterocycles. The molecule has 2 aromatic carbocycles. The molecule has 1 N–H and O–H groups in total. The molecule has 25 heavy (non-hydrogen) atoms. The standard InChI is InChI=1S/C20H19BrN2O2/c21-14-7-3-8-15(11-14)22-19(24)16-12-17(16)20(25)23-10-4-6-13-5-1-2-9-18(13)23/h1-3,5,7-9,11,16-17H,4,6,10,12H2,(H,22,24). The van der Waals surface area contributed by atoms with Crippen LogP contribution in [0.2, 0.25) is 0 Å². The van der Waals surface area contributed by atoms with E-state index in [0.717, 1.165) is 35.2 Å². The molecule has 2 amide bonds. The number of hydrogen-bond acceptors (Lipinski definition) is 2. The normalized spacial score (nSPS) is 21.4. The Balaban J connectivity index is 1.43. The lowest BCUT2D eigenvalue weighted by Crippen LogP contribution is -2.37. The van der Waals surface area contributed by atoms with Gasteiger partial charge in [-0.05, 0) is 49.1 Å². The number of hydrogen-bond donors (Lipinski definition) is 1. The van der Waals surface area contributed by atoms with Crippen molar-refractivity contribution in [3.05, 3.63) is 58.6 Å². The van der Waals surface area contributed by atoms with Gasteiger partial charge in [0.05, 0.1) is 11.8 Å². The van der Waals surface area contributed by atoms with Crippen molar-refractivity contribution in [2.45, 2.75) is 19.3 Å². The minimum Gasteiger partial charge on any atom is -0.326 e. The van der Waals surface area contributed by atoms with Gasteiger partial charge in [-0.2, -0.15) is 0 Å². The smallest absolute Gasteiger partial charge is 0.230 e. The maximum atomic E-state index is 12.9. The topological polar surface area (TPSA) is 49.4 Å². The Bertz CT molecular complexity index is 836. The third-order valence-corrected chi connectivity index (χ3v) is 5.41. The van der Waals surface area contributed by atoms with E-state index in [9.17, 15) is 9.59 Å². The Morgan fingerprint density at radius 2 is 1.92 bits per heavy atom. The molecule has 1 fully saturated rings. The number of carbonyl (C=O) groups is 2. The summed E-state index contributed by atoms with van der Waals surface area (Å²) in [5.41, 5.74) is 2.98. The summed E-state index contributed by atoms with van der Waals surface area (Å²) < 4.78 is 0.915. The van der Waals surface area contributed by atoms with E-state index in [1.807, 2.05) is 47.4 Å². The van der Waals surface area contributed by atoms with Crippen LogP contribution >= 0.6 is 15.9 Å². The van der Waals surface area contributed by atoms with Crippen LogP contribution in [-0.2, 0) is 16.0 Å². The van der Waals surface area contributed by atoms with Crippen LogP contribution in [0.3, 0.4) is 0 Å². The highest BCUT2D eigenvalue weighted by Gasteiger charge is 2.50. The second-order valence-electron chi connectivity index (χ2n) is 6.67. The molecule has 1 aliphatic carbocycles. The van der Waals surface area contributed by atoms with E-state index >= 15 is 0 Å². The Kier molecular flexibility index (Phi) is 4.34. The largest absolute Gasteiger partial charge is 0.326 e. The van der Waals surface area contributed by atoms with Gasteiger partial charge in [0.25, 0.3) is 0 Å². The molecule has 0 radical (unpaired) electrons. The molecule has 5 heteroatoms. The number of rotatable bonds is 3. The molecular formula is C20H19BrN2O2. The second kappa shape index (κ2) is 6.64. The summed E-state index contributed by atoms with van der Waals surface area (Å²) in [7, 11) is 0. The van der Waals surface area contributed by atoms with Gasteiger partial charge in [0.1, 0.15) is 0 Å². The van der Waals surface area contributed by atoms with E-state index in [2.05, 4.69) is 27.3 Å². The lowest BCUT2D eigenvalue weighted by atomic mass is 10.0. The summed E-state index contributed by atoms with van der Waals surface area (Å²) in [6, 6.07) is 15.6. The average Bonchev–Trinajstić information content (AvgIpc) is 3.41. The van der Waals surface area contributed by atoms with Gasteiger partial charge in [-0.1, -0.05) is 40.2 Å². The first-order valence-corrected chi connectivity index (χ1v) is 9.38. The molecule has 1 heterocycles. The number of nitrogens with zero attached hydrogens (tertiary/aromatic N) is 1. The fourth-order valence-corrected chi connectivity index (χ4v) is 3.92. The highest BCUT2D eigenvalue weighted by molar-refractivity contribution is 9.10. The van der Waals surface area contributed by atoms with Gasteiger partial charge in [0.2, 0.25) is 11.8 Å². The molecule has 0 bridgehead atoms. The molecule has 2 aliphatic rings. The number of amides is 2. The van der Waals surface area contributed by atoms with Gasteiger partial charge in [0, 0.05) is 22.4 Å². The van der Waals surface area contributed by atoms with Crippen LogP contribution in [0.1, 0.15) is 18.4 Å². The van der Waals surface area contributed by atoms with Gasteiger partial charge >= 0.3 is 0 Å². The maximum Gasteiger partial charge on any atom is 0.230 e. The number of halogens is 1. The van der Waals surface area contributed by atoms with Gasteiger partial charge in [-0.15, -0.1) is 0 Å². The summed E-state index contributed by atoms with van der Waals surface area (Å²) in [5, 5.41) is 2.91. The van der Waals surface area contributed by atoms with Crippen molar-refractivity contribution in [2.75, 3.05) is 16.8 Å². The highest BCUT2D eigenvalue weighted by Crippen LogP contribution is 2.42. The predicted molar refractivity (Wildman–Crippen MR) is 101 cm³/mol. The van der Waals surface area contributed by atoms with Crippen molar-refractivity contribution in [3.63, 3.8) is 0 Å². The number of benzene rings is 2. The van der Waals surface area contributed by atoms with Gasteiger partial charge in [-0.3, -0.25) is 9.59 Å². The number of anilines is 2. The van der Waals surface area contributed by atoms with Crippen molar-refractivity contribution in [3.8, 4) is 0 Å². The Labute approximate surface area is 155 Å². The monoisotopic (exact) mass is 398 g/mol. The minimum atomic E-state index is -0.222. The van der Waals surface area contributed by atoms with Crippen LogP contribution in [0.4, 0.5) is 11.4 Å². The number of aryl methyl sites for hydroxylation is 1. The zero-order valence-corrected chi connectivity index (χ0v) is 15.3. The zero-order chi connectivity index (χ0) is 17.4. The molecule has 0 spiro atoms. The number of carbonyl (C=O) groups excluding carboxylic acids is 2. The number of nitrogens with one attached hydrogen (secondary N) is 1. The summed E-state index contributed by atoms with van der Waals surface area (Å²) in [6.07, 6.45) is 2.62. The lowest BCUT2D eigenvalue weighted by molar-refractivity contribution is -0.123. The molecule has 2 aromatic rings. The fourth-order valence-electron chi connectivity index (χ4n) is 3.52. The van der Waals surface area contributed by atoms with Crippen molar-refractivity contribution in [1.82, 2.24) is 0 Å². The second-order valence-corrected chi connectivity index (χ2v) is 7.59. The lowest BCUT2D eigenvalue weighted by Gasteiger charge is -2.29. The molecule has 1 aliphatic heterocycles. The maximum absolute atomic E-state index is 12.9. The third kappa shape index (κ3) is 3.33. The first kappa shape index (κ1) is 16.3. The van der Waals surface area contributed by atoms with E-state index < -0.39 is 0 Å². The SMILES string of the molecule is O=C(Nc1cccc(Br)c1)C1CC1C(=O)N1CCCc2ccccc21. The molecule has 0 saturated heterocycles. The average molecular weight is 399 g/mol. The van der Waals surface area contributed by atoms with Crippen molar-refractivity contribution in [2.24, 2.45) is 11.8 Å². The zero-order valence-electron chi connectivity index (χ0n) is 13.7. The number of para-hydroxylation sites is 1. The first-order chi connectivity index (χ1) is 12.1. The van der Waals surface area contributed by atoms with Gasteiger partial charge < -0.3 is 10.2 Å². The highest BCUT2D eigenvalue weighted by atomic mass is 79.9. The Morgan fingerprint density at radius 1 is 1.08 bits per heavy atom. The van der Waals surface area contributed by atoms with Gasteiger partial charge in [0.15, 0.2) is 0 Å². The van der Waals surface area contributed by atoms with Crippen molar-refractivity contribution < 1.29 is 9.59 Å². The molecule has 128 valence electrons. The summed E-state index contributed by atoms with van der Waals surface area (Å²) in [5.74, 6) is -0.401. The predicted octanol–water partition coefficient (Wildman–Crippen LogP) is 4.00. The van der Waals surface area contributed by atoms with Crippen LogP contribution in [0.5, 0.6) is 0 Å². The molecule has 4 rings (SSSR count). The molecule has 4 nitrogen and oxygen atoms in total. The van der Waals surface area contributed by atoms with E-state index in [1.165, 1.54) is 5.56 Å². The fraction of sp³-hybridized carbons (Fsp3) is 0.300. The molecular weight excluding hydrogens is 380 g/mol. The van der Waals surface area contributed by atoms with Crippen LogP contribution < -0.4 is 10.2 Å².